The molecule has 1 aromatic heterocycles. The van der Waals surface area contributed by atoms with Crippen LogP contribution in [0.25, 0.3) is 0 Å². The van der Waals surface area contributed by atoms with Crippen molar-refractivity contribution in [3.63, 3.8) is 0 Å². The third-order valence-electron chi connectivity index (χ3n) is 4.22. The van der Waals surface area contributed by atoms with Gasteiger partial charge in [0, 0.05) is 26.7 Å². The molecule has 1 aliphatic rings. The van der Waals surface area contributed by atoms with Gasteiger partial charge in [-0.05, 0) is 59.5 Å². The smallest absolute Gasteiger partial charge is 0.207 e. The van der Waals surface area contributed by atoms with E-state index in [1.54, 1.807) is 0 Å². The van der Waals surface area contributed by atoms with Gasteiger partial charge in [-0.2, -0.15) is 19.9 Å². The van der Waals surface area contributed by atoms with Gasteiger partial charge in [0.25, 0.3) is 0 Å². The molecule has 25 heavy (non-hydrogen) atoms. The van der Waals surface area contributed by atoms with E-state index in [2.05, 4.69) is 0 Å². The summed E-state index contributed by atoms with van der Waals surface area (Å²) in [6.07, 6.45) is 1.72. The Bertz CT molecular complexity index is 914. The zero-order chi connectivity index (χ0) is 18.1. The molecule has 0 atom stereocenters. The number of hydrogen-bond donors (Lipinski definition) is 0. The fourth-order valence-corrected chi connectivity index (χ4v) is 6.10. The maximum Gasteiger partial charge on any atom is 0.243 e. The van der Waals surface area contributed by atoms with Crippen LogP contribution in [0.2, 0.25) is 0 Å². The standard InChI is InChI=1S/C16H20N2O4S3/c1-17(12-14-8-11-23-13-14)24(19,20)15-4-6-16(7-5-15)25(21,22)18-9-2-3-10-18/h4-8,11,13H,2-3,9-10,12H2,1H3. The fourth-order valence-electron chi connectivity index (χ4n) is 2.77. The highest BCUT2D eigenvalue weighted by atomic mass is 32.2. The molecule has 2 aromatic rings. The van der Waals surface area contributed by atoms with Gasteiger partial charge in [-0.3, -0.25) is 0 Å². The summed E-state index contributed by atoms with van der Waals surface area (Å²) in [5.74, 6) is 0. The number of hydrogen-bond acceptors (Lipinski definition) is 5. The van der Waals surface area contributed by atoms with E-state index in [4.69, 9.17) is 0 Å². The van der Waals surface area contributed by atoms with Gasteiger partial charge in [0.1, 0.15) is 0 Å². The molecule has 1 saturated heterocycles. The number of rotatable bonds is 6. The molecule has 0 aliphatic carbocycles. The quantitative estimate of drug-likeness (QED) is 0.746. The minimum Gasteiger partial charge on any atom is -0.207 e. The van der Waals surface area contributed by atoms with Crippen molar-refractivity contribution >= 4 is 31.4 Å². The largest absolute Gasteiger partial charge is 0.243 e. The third-order valence-corrected chi connectivity index (χ3v) is 8.68. The van der Waals surface area contributed by atoms with E-state index in [-0.39, 0.29) is 16.3 Å². The first kappa shape index (κ1) is 18.5. The first-order chi connectivity index (χ1) is 11.8. The lowest BCUT2D eigenvalue weighted by Gasteiger charge is -2.18. The van der Waals surface area contributed by atoms with E-state index in [1.807, 2.05) is 16.8 Å². The number of sulfonamides is 2. The molecule has 0 amide bonds. The molecule has 0 bridgehead atoms. The molecule has 1 aromatic carbocycles. The van der Waals surface area contributed by atoms with Crippen molar-refractivity contribution < 1.29 is 16.8 Å². The minimum absolute atomic E-state index is 0.0885. The van der Waals surface area contributed by atoms with E-state index in [0.717, 1.165) is 18.4 Å². The second kappa shape index (κ2) is 7.16. The summed E-state index contributed by atoms with van der Waals surface area (Å²) < 4.78 is 53.0. The van der Waals surface area contributed by atoms with Crippen LogP contribution in [0.5, 0.6) is 0 Å². The SMILES string of the molecule is CN(Cc1ccsc1)S(=O)(=O)c1ccc(S(=O)(=O)N2CCCC2)cc1. The molecule has 0 radical (unpaired) electrons. The monoisotopic (exact) mass is 400 g/mol. The van der Waals surface area contributed by atoms with Crippen molar-refractivity contribution in [2.75, 3.05) is 20.1 Å². The zero-order valence-electron chi connectivity index (χ0n) is 13.8. The summed E-state index contributed by atoms with van der Waals surface area (Å²) >= 11 is 1.51. The highest BCUT2D eigenvalue weighted by molar-refractivity contribution is 7.89. The fraction of sp³-hybridized carbons (Fsp3) is 0.375. The molecular formula is C16H20N2O4S3. The molecule has 0 N–H and O–H groups in total. The van der Waals surface area contributed by atoms with Gasteiger partial charge in [-0.15, -0.1) is 0 Å². The topological polar surface area (TPSA) is 74.8 Å². The Hall–Kier alpha value is -1.26. The molecule has 2 heterocycles. The van der Waals surface area contributed by atoms with Gasteiger partial charge in [-0.1, -0.05) is 0 Å². The van der Waals surface area contributed by atoms with Crippen molar-refractivity contribution in [1.29, 1.82) is 0 Å². The number of benzene rings is 1. The van der Waals surface area contributed by atoms with Crippen LogP contribution in [0, 0.1) is 0 Å². The van der Waals surface area contributed by atoms with Crippen LogP contribution in [0.3, 0.4) is 0 Å². The predicted molar refractivity (Wildman–Crippen MR) is 97.4 cm³/mol. The highest BCUT2D eigenvalue weighted by Gasteiger charge is 2.28. The number of nitrogens with zero attached hydrogens (tertiary/aromatic N) is 2. The Kier molecular flexibility index (Phi) is 5.31. The average molecular weight is 401 g/mol. The Morgan fingerprint density at radius 3 is 2.16 bits per heavy atom. The Morgan fingerprint density at radius 2 is 1.60 bits per heavy atom. The van der Waals surface area contributed by atoms with E-state index < -0.39 is 20.0 Å². The van der Waals surface area contributed by atoms with Crippen molar-refractivity contribution in [2.45, 2.75) is 29.2 Å². The Morgan fingerprint density at radius 1 is 1.00 bits per heavy atom. The highest BCUT2D eigenvalue weighted by Crippen LogP contribution is 2.24. The molecular weight excluding hydrogens is 380 g/mol. The summed E-state index contributed by atoms with van der Waals surface area (Å²) in [6, 6.07) is 7.35. The Balaban J connectivity index is 1.81. The van der Waals surface area contributed by atoms with Gasteiger partial charge in [0.05, 0.1) is 9.79 Å². The van der Waals surface area contributed by atoms with Crippen LogP contribution in [0.4, 0.5) is 0 Å². The van der Waals surface area contributed by atoms with Gasteiger partial charge < -0.3 is 0 Å². The molecule has 0 saturated carbocycles. The first-order valence-corrected chi connectivity index (χ1v) is 11.7. The second-order valence-corrected chi connectivity index (χ2v) is 10.7. The molecule has 1 aliphatic heterocycles. The zero-order valence-corrected chi connectivity index (χ0v) is 16.3. The third kappa shape index (κ3) is 3.80. The normalized spacial score (nSPS) is 16.6. The summed E-state index contributed by atoms with van der Waals surface area (Å²) in [5, 5.41) is 3.80. The molecule has 0 spiro atoms. The van der Waals surface area contributed by atoms with Crippen LogP contribution in [-0.2, 0) is 26.6 Å². The lowest BCUT2D eigenvalue weighted by atomic mass is 10.3. The van der Waals surface area contributed by atoms with Gasteiger partial charge in [-0.25, -0.2) is 16.8 Å². The maximum absolute atomic E-state index is 12.6. The summed E-state index contributed by atoms with van der Waals surface area (Å²) in [7, 11) is -5.69. The minimum atomic E-state index is -3.67. The summed E-state index contributed by atoms with van der Waals surface area (Å²) in [5.41, 5.74) is 0.921. The summed E-state index contributed by atoms with van der Waals surface area (Å²) in [4.78, 5) is 0.222. The lowest BCUT2D eigenvalue weighted by molar-refractivity contribution is 0.466. The average Bonchev–Trinajstić information content (AvgIpc) is 3.28. The molecule has 136 valence electrons. The van der Waals surface area contributed by atoms with Crippen molar-refractivity contribution in [1.82, 2.24) is 8.61 Å². The van der Waals surface area contributed by atoms with Crippen LogP contribution in [-0.4, -0.2) is 45.6 Å². The molecule has 9 heteroatoms. The molecule has 0 unspecified atom stereocenters. The van der Waals surface area contributed by atoms with E-state index in [9.17, 15) is 16.8 Å². The molecule has 6 nitrogen and oxygen atoms in total. The van der Waals surface area contributed by atoms with E-state index >= 15 is 0 Å². The van der Waals surface area contributed by atoms with Crippen molar-refractivity contribution in [3.8, 4) is 0 Å². The molecule has 3 rings (SSSR count). The van der Waals surface area contributed by atoms with Gasteiger partial charge in [0.15, 0.2) is 0 Å². The molecule has 1 fully saturated rings. The van der Waals surface area contributed by atoms with Crippen LogP contribution < -0.4 is 0 Å². The first-order valence-electron chi connectivity index (χ1n) is 7.89. The predicted octanol–water partition coefficient (Wildman–Crippen LogP) is 2.35. The maximum atomic E-state index is 12.6. The van der Waals surface area contributed by atoms with Crippen molar-refractivity contribution in [2.24, 2.45) is 0 Å². The van der Waals surface area contributed by atoms with Gasteiger partial charge in [0.2, 0.25) is 20.0 Å². The number of thiophene rings is 1. The van der Waals surface area contributed by atoms with Crippen LogP contribution in [0.1, 0.15) is 18.4 Å². The lowest BCUT2D eigenvalue weighted by Crippen LogP contribution is -2.28. The van der Waals surface area contributed by atoms with Crippen molar-refractivity contribution in [3.05, 3.63) is 46.7 Å². The van der Waals surface area contributed by atoms with Crippen LogP contribution >= 0.6 is 11.3 Å². The van der Waals surface area contributed by atoms with E-state index in [0.29, 0.717) is 13.1 Å². The second-order valence-electron chi connectivity index (χ2n) is 5.98. The Labute approximate surface area is 152 Å². The van der Waals surface area contributed by atoms with Gasteiger partial charge >= 0.3 is 0 Å². The van der Waals surface area contributed by atoms with Crippen LogP contribution in [0.15, 0.2) is 50.9 Å². The van der Waals surface area contributed by atoms with E-state index in [1.165, 1.54) is 51.3 Å². The summed E-state index contributed by atoms with van der Waals surface area (Å²) in [6.45, 7) is 1.32.